The van der Waals surface area contributed by atoms with Crippen LogP contribution in [0.5, 0.6) is 0 Å². The molecule has 0 radical (unpaired) electrons. The second-order valence-corrected chi connectivity index (χ2v) is 6.60. The Labute approximate surface area is 126 Å². The Morgan fingerprint density at radius 3 is 2.40 bits per heavy atom. The summed E-state index contributed by atoms with van der Waals surface area (Å²) in [5.41, 5.74) is 4.29. The molecule has 0 bridgehead atoms. The lowest BCUT2D eigenvalue weighted by molar-refractivity contribution is 0.434. The Hall–Kier alpha value is -0.820. The van der Waals surface area contributed by atoms with Gasteiger partial charge in [0.2, 0.25) is 0 Å². The highest BCUT2D eigenvalue weighted by molar-refractivity contribution is 5.30. The van der Waals surface area contributed by atoms with E-state index in [9.17, 15) is 0 Å². The van der Waals surface area contributed by atoms with Crippen LogP contribution in [0.25, 0.3) is 0 Å². The summed E-state index contributed by atoms with van der Waals surface area (Å²) in [7, 11) is 0. The topological polar surface area (TPSA) is 12.0 Å². The fraction of sp³-hybridized carbons (Fsp3) is 0.684. The lowest BCUT2D eigenvalue weighted by Gasteiger charge is -2.19. The predicted octanol–water partition coefficient (Wildman–Crippen LogP) is 5.04. The summed E-state index contributed by atoms with van der Waals surface area (Å²) in [4.78, 5) is 0. The standard InChI is InChI=1S/C19H33N/c1-6-12-20-19(9-7-8-15(2)3)14-18-11-10-16(4)17(5)13-18/h10-11,13,15,19-20H,6-9,12,14H2,1-5H3. The molecule has 0 aliphatic heterocycles. The van der Waals surface area contributed by atoms with Crippen molar-refractivity contribution in [2.45, 2.75) is 72.8 Å². The fourth-order valence-electron chi connectivity index (χ4n) is 2.61. The van der Waals surface area contributed by atoms with E-state index in [-0.39, 0.29) is 0 Å². The summed E-state index contributed by atoms with van der Waals surface area (Å²) in [5, 5.41) is 3.73. The summed E-state index contributed by atoms with van der Waals surface area (Å²) in [6, 6.07) is 7.55. The third-order valence-corrected chi connectivity index (χ3v) is 4.07. The molecule has 0 aromatic heterocycles. The molecule has 0 saturated carbocycles. The van der Waals surface area contributed by atoms with Crippen molar-refractivity contribution >= 4 is 0 Å². The molecule has 0 aliphatic rings. The Kier molecular flexibility index (Phi) is 7.91. The maximum Gasteiger partial charge on any atom is 0.0107 e. The van der Waals surface area contributed by atoms with Gasteiger partial charge in [0.1, 0.15) is 0 Å². The first kappa shape index (κ1) is 17.2. The zero-order valence-electron chi connectivity index (χ0n) is 14.1. The molecule has 1 N–H and O–H groups in total. The quantitative estimate of drug-likeness (QED) is 0.665. The molecule has 1 atom stereocenters. The molecule has 0 heterocycles. The third kappa shape index (κ3) is 6.56. The van der Waals surface area contributed by atoms with Gasteiger partial charge in [0.05, 0.1) is 0 Å². The summed E-state index contributed by atoms with van der Waals surface area (Å²) in [6.45, 7) is 12.4. The van der Waals surface area contributed by atoms with Gasteiger partial charge in [0.25, 0.3) is 0 Å². The SMILES string of the molecule is CCCNC(CCCC(C)C)Cc1ccc(C)c(C)c1. The van der Waals surface area contributed by atoms with E-state index < -0.39 is 0 Å². The van der Waals surface area contributed by atoms with Crippen molar-refractivity contribution in [3.63, 3.8) is 0 Å². The second-order valence-electron chi connectivity index (χ2n) is 6.60. The minimum absolute atomic E-state index is 0.635. The van der Waals surface area contributed by atoms with Crippen molar-refractivity contribution in [2.75, 3.05) is 6.54 Å². The van der Waals surface area contributed by atoms with Gasteiger partial charge in [0, 0.05) is 6.04 Å². The summed E-state index contributed by atoms with van der Waals surface area (Å²) in [6.07, 6.45) is 6.36. The van der Waals surface area contributed by atoms with Crippen LogP contribution < -0.4 is 5.32 Å². The van der Waals surface area contributed by atoms with E-state index >= 15 is 0 Å². The van der Waals surface area contributed by atoms with Gasteiger partial charge in [-0.25, -0.2) is 0 Å². The van der Waals surface area contributed by atoms with Gasteiger partial charge >= 0.3 is 0 Å². The molecule has 1 aromatic carbocycles. The van der Waals surface area contributed by atoms with E-state index in [0.29, 0.717) is 6.04 Å². The molecular weight excluding hydrogens is 242 g/mol. The van der Waals surface area contributed by atoms with E-state index in [2.05, 4.69) is 58.1 Å². The molecular formula is C19H33N. The third-order valence-electron chi connectivity index (χ3n) is 4.07. The van der Waals surface area contributed by atoms with Gasteiger partial charge in [-0.1, -0.05) is 51.8 Å². The number of nitrogens with one attached hydrogen (secondary N) is 1. The van der Waals surface area contributed by atoms with Crippen LogP contribution in [0.3, 0.4) is 0 Å². The van der Waals surface area contributed by atoms with Crippen molar-refractivity contribution in [1.29, 1.82) is 0 Å². The van der Waals surface area contributed by atoms with Crippen LogP contribution in [0.15, 0.2) is 18.2 Å². The molecule has 1 aromatic rings. The normalized spacial score (nSPS) is 12.9. The molecule has 0 spiro atoms. The van der Waals surface area contributed by atoms with Crippen LogP contribution in [-0.2, 0) is 6.42 Å². The molecule has 0 amide bonds. The van der Waals surface area contributed by atoms with Crippen molar-refractivity contribution < 1.29 is 0 Å². The number of aryl methyl sites for hydroxylation is 2. The van der Waals surface area contributed by atoms with E-state index in [1.807, 2.05) is 0 Å². The first-order chi connectivity index (χ1) is 9.52. The Balaban J connectivity index is 2.55. The Morgan fingerprint density at radius 1 is 1.05 bits per heavy atom. The number of hydrogen-bond donors (Lipinski definition) is 1. The van der Waals surface area contributed by atoms with Gasteiger partial charge in [-0.3, -0.25) is 0 Å². The van der Waals surface area contributed by atoms with Crippen LogP contribution in [0.2, 0.25) is 0 Å². The maximum absolute atomic E-state index is 3.73. The molecule has 0 fully saturated rings. The van der Waals surface area contributed by atoms with Gasteiger partial charge in [0.15, 0.2) is 0 Å². The van der Waals surface area contributed by atoms with Crippen LogP contribution in [-0.4, -0.2) is 12.6 Å². The van der Waals surface area contributed by atoms with Crippen LogP contribution in [0, 0.1) is 19.8 Å². The summed E-state index contributed by atoms with van der Waals surface area (Å²) < 4.78 is 0. The second kappa shape index (κ2) is 9.18. The zero-order valence-corrected chi connectivity index (χ0v) is 14.1. The molecule has 0 aliphatic carbocycles. The molecule has 114 valence electrons. The smallest absolute Gasteiger partial charge is 0.0107 e. The molecule has 0 saturated heterocycles. The summed E-state index contributed by atoms with van der Waals surface area (Å²) in [5.74, 6) is 0.823. The van der Waals surface area contributed by atoms with Gasteiger partial charge in [-0.2, -0.15) is 0 Å². The van der Waals surface area contributed by atoms with Gasteiger partial charge < -0.3 is 5.32 Å². The van der Waals surface area contributed by atoms with Gasteiger partial charge in [-0.15, -0.1) is 0 Å². The molecule has 1 rings (SSSR count). The highest BCUT2D eigenvalue weighted by Crippen LogP contribution is 2.15. The van der Waals surface area contributed by atoms with Crippen LogP contribution in [0.4, 0.5) is 0 Å². The van der Waals surface area contributed by atoms with E-state index in [1.165, 1.54) is 48.8 Å². The average molecular weight is 275 g/mol. The zero-order chi connectivity index (χ0) is 15.0. The Morgan fingerprint density at radius 2 is 1.80 bits per heavy atom. The molecule has 1 unspecified atom stereocenters. The van der Waals surface area contributed by atoms with Crippen molar-refractivity contribution in [1.82, 2.24) is 5.32 Å². The molecule has 20 heavy (non-hydrogen) atoms. The predicted molar refractivity (Wildman–Crippen MR) is 90.4 cm³/mol. The fourth-order valence-corrected chi connectivity index (χ4v) is 2.61. The first-order valence-corrected chi connectivity index (χ1v) is 8.32. The van der Waals surface area contributed by atoms with Crippen LogP contribution >= 0.6 is 0 Å². The average Bonchev–Trinajstić information content (AvgIpc) is 2.39. The number of hydrogen-bond acceptors (Lipinski definition) is 1. The van der Waals surface area contributed by atoms with Crippen molar-refractivity contribution in [3.05, 3.63) is 34.9 Å². The minimum atomic E-state index is 0.635. The first-order valence-electron chi connectivity index (χ1n) is 8.32. The minimum Gasteiger partial charge on any atom is -0.314 e. The van der Waals surface area contributed by atoms with Crippen molar-refractivity contribution in [3.8, 4) is 0 Å². The maximum atomic E-state index is 3.73. The monoisotopic (exact) mass is 275 g/mol. The van der Waals surface area contributed by atoms with Crippen molar-refractivity contribution in [2.24, 2.45) is 5.92 Å². The van der Waals surface area contributed by atoms with E-state index in [4.69, 9.17) is 0 Å². The highest BCUT2D eigenvalue weighted by atomic mass is 14.9. The lowest BCUT2D eigenvalue weighted by Crippen LogP contribution is -2.31. The van der Waals surface area contributed by atoms with Gasteiger partial charge in [-0.05, 0) is 62.3 Å². The summed E-state index contributed by atoms with van der Waals surface area (Å²) >= 11 is 0. The highest BCUT2D eigenvalue weighted by Gasteiger charge is 2.09. The van der Waals surface area contributed by atoms with E-state index in [1.54, 1.807) is 0 Å². The molecule has 1 nitrogen and oxygen atoms in total. The Bertz CT molecular complexity index is 381. The lowest BCUT2D eigenvalue weighted by atomic mass is 9.96. The molecule has 1 heteroatoms. The largest absolute Gasteiger partial charge is 0.314 e. The van der Waals surface area contributed by atoms with Crippen LogP contribution in [0.1, 0.15) is 63.1 Å². The number of benzene rings is 1. The number of rotatable bonds is 9. The van der Waals surface area contributed by atoms with E-state index in [0.717, 1.165) is 12.5 Å².